The monoisotopic (exact) mass is 330 g/mol. The highest BCUT2D eigenvalue weighted by Crippen LogP contribution is 2.13. The van der Waals surface area contributed by atoms with Crippen molar-refractivity contribution in [2.24, 2.45) is 0 Å². The van der Waals surface area contributed by atoms with Crippen LogP contribution in [-0.4, -0.2) is 28.0 Å². The van der Waals surface area contributed by atoms with Crippen molar-refractivity contribution in [2.75, 3.05) is 13.1 Å². The molecule has 0 fully saturated rings. The number of hydrogen-bond acceptors (Lipinski definition) is 3. The molecule has 122 valence electrons. The summed E-state index contributed by atoms with van der Waals surface area (Å²) in [5, 5.41) is 11.3. The lowest BCUT2D eigenvalue weighted by atomic mass is 10.1. The third-order valence-corrected chi connectivity index (χ3v) is 3.64. The predicted octanol–water partition coefficient (Wildman–Crippen LogP) is 2.17. The Kier molecular flexibility index (Phi) is 6.75. The van der Waals surface area contributed by atoms with E-state index in [1.165, 1.54) is 4.68 Å². The number of aryl methyl sites for hydroxylation is 1. The number of aromatic nitrogens is 2. The van der Waals surface area contributed by atoms with Crippen LogP contribution in [0.4, 0.5) is 0 Å². The van der Waals surface area contributed by atoms with Crippen LogP contribution in [0.2, 0.25) is 0 Å². The fourth-order valence-corrected chi connectivity index (χ4v) is 2.43. The normalized spacial score (nSPS) is 10.3. The summed E-state index contributed by atoms with van der Waals surface area (Å²) in [6.45, 7) is 4.22. The molecule has 0 amide bonds. The van der Waals surface area contributed by atoms with Crippen molar-refractivity contribution in [1.29, 1.82) is 0 Å². The number of benzene rings is 1. The zero-order valence-electron chi connectivity index (χ0n) is 13.3. The lowest BCUT2D eigenvalue weighted by Crippen LogP contribution is -2.35. The molecule has 0 atom stereocenters. The van der Waals surface area contributed by atoms with Gasteiger partial charge in [-0.3, -0.25) is 4.79 Å². The number of thiocarbonyl (C=S) groups is 1. The first-order valence-corrected chi connectivity index (χ1v) is 8.27. The highest BCUT2D eigenvalue weighted by Gasteiger charge is 2.03. The molecule has 6 heteroatoms. The first-order chi connectivity index (χ1) is 11.2. The van der Waals surface area contributed by atoms with Gasteiger partial charge in [-0.05, 0) is 38.0 Å². The molecule has 2 aromatic rings. The van der Waals surface area contributed by atoms with Crippen molar-refractivity contribution < 1.29 is 0 Å². The average molecular weight is 330 g/mol. The minimum absolute atomic E-state index is 0.0687. The summed E-state index contributed by atoms with van der Waals surface area (Å²) < 4.78 is 1.53. The van der Waals surface area contributed by atoms with Crippen molar-refractivity contribution in [3.05, 3.63) is 52.8 Å². The first kappa shape index (κ1) is 17.1. The van der Waals surface area contributed by atoms with E-state index in [1.807, 2.05) is 37.3 Å². The lowest BCUT2D eigenvalue weighted by molar-refractivity contribution is 0.531. The van der Waals surface area contributed by atoms with Crippen LogP contribution >= 0.6 is 12.2 Å². The van der Waals surface area contributed by atoms with E-state index >= 15 is 0 Å². The predicted molar refractivity (Wildman–Crippen MR) is 97.4 cm³/mol. The molecule has 2 rings (SSSR count). The van der Waals surface area contributed by atoms with Gasteiger partial charge >= 0.3 is 0 Å². The van der Waals surface area contributed by atoms with Crippen LogP contribution in [0.15, 0.2) is 47.3 Å². The molecule has 1 aromatic heterocycles. The van der Waals surface area contributed by atoms with E-state index in [2.05, 4.69) is 15.7 Å². The lowest BCUT2D eigenvalue weighted by Gasteiger charge is -2.09. The molecule has 0 aliphatic carbocycles. The first-order valence-electron chi connectivity index (χ1n) is 7.86. The van der Waals surface area contributed by atoms with Gasteiger partial charge in [-0.1, -0.05) is 30.3 Å². The van der Waals surface area contributed by atoms with Gasteiger partial charge in [0.2, 0.25) is 0 Å². The molecule has 0 aliphatic heterocycles. The molecular weight excluding hydrogens is 308 g/mol. The highest BCUT2D eigenvalue weighted by atomic mass is 32.1. The Bertz CT molecular complexity index is 684. The Labute approximate surface area is 141 Å². The largest absolute Gasteiger partial charge is 0.363 e. The summed E-state index contributed by atoms with van der Waals surface area (Å²) in [4.78, 5) is 11.9. The summed E-state index contributed by atoms with van der Waals surface area (Å²) in [5.74, 6) is 0. The summed E-state index contributed by atoms with van der Waals surface area (Å²) in [6, 6.07) is 13.2. The van der Waals surface area contributed by atoms with Crippen LogP contribution in [0.25, 0.3) is 11.3 Å². The van der Waals surface area contributed by atoms with Crippen LogP contribution in [0.1, 0.15) is 19.8 Å². The molecule has 23 heavy (non-hydrogen) atoms. The summed E-state index contributed by atoms with van der Waals surface area (Å²) in [5.41, 5.74) is 1.76. The summed E-state index contributed by atoms with van der Waals surface area (Å²) in [7, 11) is 0. The maximum atomic E-state index is 11.9. The Morgan fingerprint density at radius 2 is 1.91 bits per heavy atom. The van der Waals surface area contributed by atoms with Gasteiger partial charge in [0.25, 0.3) is 5.56 Å². The quantitative estimate of drug-likeness (QED) is 0.602. The second-order valence-corrected chi connectivity index (χ2v) is 5.55. The van der Waals surface area contributed by atoms with E-state index in [4.69, 9.17) is 12.2 Å². The minimum Gasteiger partial charge on any atom is -0.363 e. The van der Waals surface area contributed by atoms with Crippen LogP contribution in [0.3, 0.4) is 0 Å². The van der Waals surface area contributed by atoms with Gasteiger partial charge in [0.1, 0.15) is 0 Å². The third kappa shape index (κ3) is 5.49. The average Bonchev–Trinajstić information content (AvgIpc) is 2.57. The van der Waals surface area contributed by atoms with E-state index in [0.717, 1.165) is 37.2 Å². The van der Waals surface area contributed by atoms with Gasteiger partial charge in [-0.15, -0.1) is 0 Å². The number of nitrogens with zero attached hydrogens (tertiary/aromatic N) is 2. The highest BCUT2D eigenvalue weighted by molar-refractivity contribution is 7.80. The van der Waals surface area contributed by atoms with E-state index < -0.39 is 0 Å². The molecule has 0 spiro atoms. The molecule has 2 N–H and O–H groups in total. The fraction of sp³-hybridized carbons (Fsp3) is 0.353. The maximum absolute atomic E-state index is 11.9. The van der Waals surface area contributed by atoms with Crippen molar-refractivity contribution in [3.63, 3.8) is 0 Å². The van der Waals surface area contributed by atoms with Gasteiger partial charge < -0.3 is 10.6 Å². The van der Waals surface area contributed by atoms with Gasteiger partial charge in [-0.2, -0.15) is 5.10 Å². The van der Waals surface area contributed by atoms with Crippen molar-refractivity contribution in [2.45, 2.75) is 26.3 Å². The Morgan fingerprint density at radius 1 is 1.13 bits per heavy atom. The molecule has 0 unspecified atom stereocenters. The summed E-state index contributed by atoms with van der Waals surface area (Å²) >= 11 is 5.10. The molecule has 0 saturated carbocycles. The van der Waals surface area contributed by atoms with Gasteiger partial charge in [0, 0.05) is 31.3 Å². The fourth-order valence-electron chi connectivity index (χ4n) is 2.18. The van der Waals surface area contributed by atoms with Crippen molar-refractivity contribution in [3.8, 4) is 11.3 Å². The SMILES string of the molecule is CCNC(=S)NCCCCn1nc(-c2ccccc2)ccc1=O. The Morgan fingerprint density at radius 3 is 2.65 bits per heavy atom. The van der Waals surface area contributed by atoms with Crippen LogP contribution in [0, 0.1) is 0 Å². The molecule has 1 aromatic carbocycles. The van der Waals surface area contributed by atoms with Crippen LogP contribution in [-0.2, 0) is 6.54 Å². The number of rotatable bonds is 7. The van der Waals surface area contributed by atoms with Gasteiger partial charge in [0.05, 0.1) is 5.69 Å². The molecular formula is C17H22N4OS. The Hall–Kier alpha value is -2.21. The topological polar surface area (TPSA) is 58.9 Å². The molecule has 5 nitrogen and oxygen atoms in total. The number of unbranched alkanes of at least 4 members (excludes halogenated alkanes) is 1. The maximum Gasteiger partial charge on any atom is 0.266 e. The van der Waals surface area contributed by atoms with E-state index in [0.29, 0.717) is 11.7 Å². The van der Waals surface area contributed by atoms with E-state index in [9.17, 15) is 4.79 Å². The minimum atomic E-state index is -0.0687. The zero-order chi connectivity index (χ0) is 16.5. The zero-order valence-corrected chi connectivity index (χ0v) is 14.1. The van der Waals surface area contributed by atoms with Crippen molar-refractivity contribution in [1.82, 2.24) is 20.4 Å². The Balaban J connectivity index is 1.88. The van der Waals surface area contributed by atoms with Gasteiger partial charge in [-0.25, -0.2) is 4.68 Å². The van der Waals surface area contributed by atoms with E-state index in [1.54, 1.807) is 12.1 Å². The van der Waals surface area contributed by atoms with Crippen LogP contribution in [0.5, 0.6) is 0 Å². The van der Waals surface area contributed by atoms with E-state index in [-0.39, 0.29) is 5.56 Å². The molecule has 0 saturated heterocycles. The standard InChI is InChI=1S/C17H22N4OS/c1-2-18-17(23)19-12-6-7-13-21-16(22)11-10-15(20-21)14-8-4-3-5-9-14/h3-5,8-11H,2,6-7,12-13H2,1H3,(H2,18,19,23). The third-order valence-electron chi connectivity index (χ3n) is 3.36. The molecule has 0 radical (unpaired) electrons. The number of nitrogens with one attached hydrogen (secondary N) is 2. The van der Waals surface area contributed by atoms with Crippen LogP contribution < -0.4 is 16.2 Å². The molecule has 0 aliphatic rings. The smallest absolute Gasteiger partial charge is 0.266 e. The van der Waals surface area contributed by atoms with Crippen molar-refractivity contribution >= 4 is 17.3 Å². The number of hydrogen-bond donors (Lipinski definition) is 2. The second-order valence-electron chi connectivity index (χ2n) is 5.14. The summed E-state index contributed by atoms with van der Waals surface area (Å²) in [6.07, 6.45) is 1.79. The van der Waals surface area contributed by atoms with Gasteiger partial charge in [0.15, 0.2) is 5.11 Å². The molecule has 1 heterocycles. The molecule has 0 bridgehead atoms. The second kappa shape index (κ2) is 9.05.